The molecule has 8 fully saturated rings. The predicted octanol–water partition coefficient (Wildman–Crippen LogP) is 5.25. The lowest BCUT2D eigenvalue weighted by Gasteiger charge is -2.47. The van der Waals surface area contributed by atoms with Crippen LogP contribution in [0.15, 0.2) is 23.8 Å². The number of ether oxygens (including phenoxy) is 9. The van der Waals surface area contributed by atoms with Gasteiger partial charge in [0, 0.05) is 38.5 Å². The normalized spacial score (nSPS) is 55.7. The molecule has 3 N–H and O–H groups in total. The monoisotopic (exact) mass is 858 g/mol. The van der Waals surface area contributed by atoms with Crippen LogP contribution in [0, 0.1) is 17.8 Å². The van der Waals surface area contributed by atoms with Crippen LogP contribution in [-0.4, -0.2) is 129 Å². The number of rotatable bonds is 1. The van der Waals surface area contributed by atoms with Crippen LogP contribution >= 0.6 is 0 Å². The van der Waals surface area contributed by atoms with Gasteiger partial charge in [0.05, 0.1) is 42.0 Å². The Morgan fingerprint density at radius 3 is 2.34 bits per heavy atom. The van der Waals surface area contributed by atoms with Crippen molar-refractivity contribution in [2.75, 3.05) is 6.61 Å². The number of aliphatic hydroxyl groups excluding tert-OH is 2. The molecule has 10 bridgehead atoms. The quantitative estimate of drug-likeness (QED) is 0.291. The third-order valence-corrected chi connectivity index (χ3v) is 15.9. The third-order valence-electron chi connectivity index (χ3n) is 15.9. The van der Waals surface area contributed by atoms with Gasteiger partial charge in [-0.15, -0.1) is 0 Å². The third kappa shape index (κ3) is 8.14. The number of Topliss-reactive ketones (excluding diaryl/α,β-unsaturated/α-hetero) is 1. The Balaban J connectivity index is 1.00. The van der Waals surface area contributed by atoms with E-state index in [1.54, 1.807) is 13.8 Å². The van der Waals surface area contributed by atoms with Crippen molar-refractivity contribution in [3.63, 3.8) is 0 Å². The van der Waals surface area contributed by atoms with Gasteiger partial charge in [-0.25, -0.2) is 0 Å². The lowest BCUT2D eigenvalue weighted by atomic mass is 9.87. The molecule has 0 amide bonds. The molecule has 0 aromatic carbocycles. The van der Waals surface area contributed by atoms with Crippen LogP contribution in [0.25, 0.3) is 0 Å². The van der Waals surface area contributed by atoms with E-state index >= 15 is 0 Å². The zero-order valence-electron chi connectivity index (χ0n) is 37.2. The molecule has 2 spiro atoms. The molecule has 342 valence electrons. The standard InChI is InChI=1S/C47H70O14/c1-26-10-11-32-34(22-37(54-32)47(52)39(49)28(3)14-20-53-47)55-41(51)29(4)31-9-8-15-45(56-31)17-12-33(57-45)40(50)44(7)24-30(48)38(60-44)35-25-43(6)18-19-46(58-35,61-43)36-13-16-42(5,59-36)23-27(2)21-26/h10-11,21,27-29,31-40,49-50,52H,8-9,12-20,22-25H2,1-7H3/b11-10-,26-21-. The van der Waals surface area contributed by atoms with Gasteiger partial charge in [-0.05, 0) is 97.8 Å². The van der Waals surface area contributed by atoms with E-state index in [9.17, 15) is 24.9 Å². The van der Waals surface area contributed by atoms with Crippen LogP contribution < -0.4 is 0 Å². The topological polar surface area (TPSA) is 178 Å². The molecule has 9 heterocycles. The number of carbonyl (C=O) groups is 2. The van der Waals surface area contributed by atoms with Gasteiger partial charge in [-0.2, -0.15) is 0 Å². The maximum Gasteiger partial charge on any atom is 0.311 e. The van der Waals surface area contributed by atoms with Gasteiger partial charge in [0.1, 0.15) is 48.3 Å². The van der Waals surface area contributed by atoms with Crippen LogP contribution in [-0.2, 0) is 52.2 Å². The van der Waals surface area contributed by atoms with Crippen molar-refractivity contribution in [2.45, 2.75) is 234 Å². The predicted molar refractivity (Wildman–Crippen MR) is 218 cm³/mol. The molecule has 9 rings (SSSR count). The van der Waals surface area contributed by atoms with E-state index in [1.165, 1.54) is 0 Å². The number of carbonyl (C=O) groups excluding carboxylic acids is 2. The molecule has 9 aliphatic rings. The highest BCUT2D eigenvalue weighted by molar-refractivity contribution is 5.86. The summed E-state index contributed by atoms with van der Waals surface area (Å²) < 4.78 is 59.0. The fourth-order valence-corrected chi connectivity index (χ4v) is 12.5. The van der Waals surface area contributed by atoms with Crippen LogP contribution in [0.4, 0.5) is 0 Å². The second kappa shape index (κ2) is 16.0. The first-order valence-corrected chi connectivity index (χ1v) is 23.3. The highest BCUT2D eigenvalue weighted by Gasteiger charge is 2.65. The van der Waals surface area contributed by atoms with Gasteiger partial charge in [-0.3, -0.25) is 9.59 Å². The molecule has 19 atom stereocenters. The minimum Gasteiger partial charge on any atom is -0.459 e. The van der Waals surface area contributed by atoms with Gasteiger partial charge >= 0.3 is 5.97 Å². The Hall–Kier alpha value is -1.82. The van der Waals surface area contributed by atoms with E-state index in [0.29, 0.717) is 44.9 Å². The van der Waals surface area contributed by atoms with Crippen molar-refractivity contribution in [1.29, 1.82) is 0 Å². The summed E-state index contributed by atoms with van der Waals surface area (Å²) in [4.78, 5) is 28.0. The van der Waals surface area contributed by atoms with E-state index < -0.39 is 101 Å². The summed E-state index contributed by atoms with van der Waals surface area (Å²) >= 11 is 0. The summed E-state index contributed by atoms with van der Waals surface area (Å²) in [6, 6.07) is 0. The molecule has 0 aliphatic carbocycles. The van der Waals surface area contributed by atoms with Gasteiger partial charge in [0.15, 0.2) is 17.4 Å². The summed E-state index contributed by atoms with van der Waals surface area (Å²) in [5, 5.41) is 34.8. The van der Waals surface area contributed by atoms with Crippen molar-refractivity contribution >= 4 is 11.8 Å². The van der Waals surface area contributed by atoms with Crippen LogP contribution in [0.3, 0.4) is 0 Å². The van der Waals surface area contributed by atoms with Gasteiger partial charge < -0.3 is 58.0 Å². The first-order valence-electron chi connectivity index (χ1n) is 23.3. The second-order valence-electron chi connectivity index (χ2n) is 21.3. The van der Waals surface area contributed by atoms with Gasteiger partial charge in [0.2, 0.25) is 5.79 Å². The number of ketones is 1. The molecular weight excluding hydrogens is 789 g/mol. The summed E-state index contributed by atoms with van der Waals surface area (Å²) in [7, 11) is 0. The van der Waals surface area contributed by atoms with Crippen LogP contribution in [0.5, 0.6) is 0 Å². The number of allylic oxidation sites excluding steroid dienone is 3. The zero-order valence-corrected chi connectivity index (χ0v) is 37.2. The van der Waals surface area contributed by atoms with Crippen molar-refractivity contribution in [2.24, 2.45) is 17.8 Å². The van der Waals surface area contributed by atoms with Crippen LogP contribution in [0.2, 0.25) is 0 Å². The van der Waals surface area contributed by atoms with E-state index in [-0.39, 0.29) is 43.2 Å². The Kier molecular flexibility index (Phi) is 11.6. The molecule has 9 aliphatic heterocycles. The Morgan fingerprint density at radius 2 is 1.54 bits per heavy atom. The van der Waals surface area contributed by atoms with Crippen molar-refractivity contribution < 1.29 is 67.5 Å². The molecule has 14 heteroatoms. The summed E-state index contributed by atoms with van der Waals surface area (Å²) in [5.74, 6) is -5.28. The maximum atomic E-state index is 14.1. The van der Waals surface area contributed by atoms with Gasteiger partial charge in [-0.1, -0.05) is 37.6 Å². The van der Waals surface area contributed by atoms with Crippen molar-refractivity contribution in [3.05, 3.63) is 23.8 Å². The fourth-order valence-electron chi connectivity index (χ4n) is 12.5. The molecule has 8 saturated heterocycles. The smallest absolute Gasteiger partial charge is 0.311 e. The Morgan fingerprint density at radius 1 is 0.754 bits per heavy atom. The van der Waals surface area contributed by atoms with Gasteiger partial charge in [0.25, 0.3) is 0 Å². The first kappa shape index (κ1) is 44.4. The summed E-state index contributed by atoms with van der Waals surface area (Å²) in [6.07, 6.45) is 6.36. The lowest BCUT2D eigenvalue weighted by molar-refractivity contribution is -0.359. The Bertz CT molecular complexity index is 1750. The lowest BCUT2D eigenvalue weighted by Crippen LogP contribution is -2.59. The average molecular weight is 859 g/mol. The molecule has 0 aromatic rings. The molecule has 14 nitrogen and oxygen atoms in total. The maximum absolute atomic E-state index is 14.1. The highest BCUT2D eigenvalue weighted by atomic mass is 16.8. The minimum atomic E-state index is -1.95. The molecule has 0 aromatic heterocycles. The number of hydrogen-bond donors (Lipinski definition) is 3. The molecular formula is C47H70O14. The molecule has 61 heavy (non-hydrogen) atoms. The van der Waals surface area contributed by atoms with E-state index in [2.05, 4.69) is 26.8 Å². The summed E-state index contributed by atoms with van der Waals surface area (Å²) in [6.45, 7) is 14.1. The number of fused-ring (bicyclic) bond motifs is 10. The van der Waals surface area contributed by atoms with E-state index in [0.717, 1.165) is 37.7 Å². The Labute approximate surface area is 360 Å². The van der Waals surface area contributed by atoms with E-state index in [4.69, 9.17) is 42.6 Å². The highest BCUT2D eigenvalue weighted by Crippen LogP contribution is 2.55. The fraction of sp³-hybridized carbons (Fsp3) is 0.872. The second-order valence-corrected chi connectivity index (χ2v) is 21.3. The van der Waals surface area contributed by atoms with Crippen molar-refractivity contribution in [1.82, 2.24) is 0 Å². The SMILES string of the molecule is CC1=C/C(C)CC2(C)CCC(O2)C23CCC(C)(CC(O2)C2OC(C)(CC2=O)C(O)C2CCC4(CCCC(O4)C(C)C(=O)OC4CC(C5(O)OCCC(C)C5O)OC4/C=C\1)O2)O3. The first-order chi connectivity index (χ1) is 28.7. The molecule has 0 radical (unpaired) electrons. The van der Waals surface area contributed by atoms with E-state index in [1.807, 2.05) is 26.0 Å². The largest absolute Gasteiger partial charge is 0.459 e. The minimum absolute atomic E-state index is 0.0222. The number of aliphatic hydroxyl groups is 3. The van der Waals surface area contributed by atoms with Crippen LogP contribution in [0.1, 0.15) is 138 Å². The van der Waals surface area contributed by atoms with Crippen molar-refractivity contribution in [3.8, 4) is 0 Å². The molecule has 0 saturated carbocycles. The molecule has 19 unspecified atom stereocenters. The number of esters is 1. The summed E-state index contributed by atoms with van der Waals surface area (Å²) in [5.41, 5.74) is -1.17. The zero-order chi connectivity index (χ0) is 43.3. The average Bonchev–Trinajstić information content (AvgIpc) is 4.02. The number of hydrogen-bond acceptors (Lipinski definition) is 14.